The summed E-state index contributed by atoms with van der Waals surface area (Å²) in [5.74, 6) is -0.438. The zero-order valence-electron chi connectivity index (χ0n) is 16.4. The van der Waals surface area contributed by atoms with Crippen LogP contribution in [0.3, 0.4) is 0 Å². The Labute approximate surface area is 177 Å². The Morgan fingerprint density at radius 2 is 1.87 bits per heavy atom. The van der Waals surface area contributed by atoms with Crippen LogP contribution in [0.1, 0.15) is 29.1 Å². The Hall–Kier alpha value is -3.70. The van der Waals surface area contributed by atoms with Gasteiger partial charge in [0.1, 0.15) is 10.6 Å². The van der Waals surface area contributed by atoms with E-state index in [-0.39, 0.29) is 11.7 Å². The first-order valence-corrected chi connectivity index (χ1v) is 10.0. The maximum absolute atomic E-state index is 12.6. The van der Waals surface area contributed by atoms with Crippen LogP contribution in [0.5, 0.6) is 5.75 Å². The van der Waals surface area contributed by atoms with Crippen molar-refractivity contribution in [3.63, 3.8) is 0 Å². The van der Waals surface area contributed by atoms with Crippen molar-refractivity contribution in [2.24, 2.45) is 0 Å². The molecule has 0 aliphatic rings. The molecule has 1 unspecified atom stereocenters. The monoisotopic (exact) mass is 421 g/mol. The number of amides is 1. The van der Waals surface area contributed by atoms with Crippen molar-refractivity contribution in [3.8, 4) is 23.1 Å². The molecule has 1 aromatic heterocycles. The Morgan fingerprint density at radius 3 is 2.50 bits per heavy atom. The van der Waals surface area contributed by atoms with Gasteiger partial charge in [-0.2, -0.15) is 5.26 Å². The molecule has 1 atom stereocenters. The van der Waals surface area contributed by atoms with Gasteiger partial charge in [0.2, 0.25) is 0 Å². The Balaban J connectivity index is 1.77. The van der Waals surface area contributed by atoms with Crippen molar-refractivity contribution in [2.45, 2.75) is 20.0 Å². The smallest absolute Gasteiger partial charge is 0.350 e. The van der Waals surface area contributed by atoms with E-state index in [2.05, 4.69) is 10.3 Å². The highest BCUT2D eigenvalue weighted by atomic mass is 32.1. The molecule has 0 aliphatic carbocycles. The van der Waals surface area contributed by atoms with Crippen molar-refractivity contribution in [2.75, 3.05) is 11.9 Å². The van der Waals surface area contributed by atoms with E-state index < -0.39 is 18.0 Å². The fourth-order valence-electron chi connectivity index (χ4n) is 2.57. The minimum Gasteiger partial charge on any atom is -0.481 e. The summed E-state index contributed by atoms with van der Waals surface area (Å²) in [5, 5.41) is 11.8. The number of carbonyl (C=O) groups is 2. The van der Waals surface area contributed by atoms with Gasteiger partial charge in [-0.15, -0.1) is 0 Å². The Kier molecular flexibility index (Phi) is 6.78. The number of anilines is 1. The largest absolute Gasteiger partial charge is 0.481 e. The van der Waals surface area contributed by atoms with Crippen LogP contribution >= 0.6 is 11.3 Å². The van der Waals surface area contributed by atoms with E-state index in [0.717, 1.165) is 16.9 Å². The predicted molar refractivity (Wildman–Crippen MR) is 113 cm³/mol. The van der Waals surface area contributed by atoms with Gasteiger partial charge in [-0.25, -0.2) is 9.78 Å². The lowest BCUT2D eigenvalue weighted by atomic mass is 10.1. The molecule has 0 saturated carbocycles. The summed E-state index contributed by atoms with van der Waals surface area (Å²) in [4.78, 5) is 29.7. The summed E-state index contributed by atoms with van der Waals surface area (Å²) >= 11 is 1.05. The van der Waals surface area contributed by atoms with Crippen LogP contribution in [0, 0.1) is 11.3 Å². The van der Waals surface area contributed by atoms with E-state index in [9.17, 15) is 9.59 Å². The highest BCUT2D eigenvalue weighted by molar-refractivity contribution is 7.18. The number of nitriles is 1. The molecule has 1 N–H and O–H groups in total. The van der Waals surface area contributed by atoms with Gasteiger partial charge in [0.15, 0.2) is 11.2 Å². The number of hydrogen-bond donors (Lipinski definition) is 1. The summed E-state index contributed by atoms with van der Waals surface area (Å²) in [7, 11) is 0. The minimum absolute atomic E-state index is 0.238. The number of hydrogen-bond acceptors (Lipinski definition) is 7. The summed E-state index contributed by atoms with van der Waals surface area (Å²) in [6.07, 6.45) is -0.812. The lowest BCUT2D eigenvalue weighted by molar-refractivity contribution is -0.122. The molecule has 7 nitrogen and oxygen atoms in total. The maximum atomic E-state index is 12.6. The molecule has 152 valence electrons. The van der Waals surface area contributed by atoms with Gasteiger partial charge in [0, 0.05) is 5.56 Å². The Morgan fingerprint density at radius 1 is 1.17 bits per heavy atom. The second-order valence-corrected chi connectivity index (χ2v) is 7.17. The van der Waals surface area contributed by atoms with Crippen molar-refractivity contribution in [1.29, 1.82) is 5.26 Å². The molecule has 2 aromatic carbocycles. The molecule has 0 bridgehead atoms. The van der Waals surface area contributed by atoms with Gasteiger partial charge in [-0.05, 0) is 38.1 Å². The SMILES string of the molecule is CCOC(=O)c1sc(NC(=O)C(C)Oc2ccc(C#N)cc2)nc1-c1ccccc1. The highest BCUT2D eigenvalue weighted by Gasteiger charge is 2.23. The number of aromatic nitrogens is 1. The third kappa shape index (κ3) is 5.01. The molecule has 0 radical (unpaired) electrons. The quantitative estimate of drug-likeness (QED) is 0.572. The first-order chi connectivity index (χ1) is 14.5. The summed E-state index contributed by atoms with van der Waals surface area (Å²) < 4.78 is 10.7. The molecule has 1 heterocycles. The molecule has 30 heavy (non-hydrogen) atoms. The van der Waals surface area contributed by atoms with Gasteiger partial charge >= 0.3 is 5.97 Å². The highest BCUT2D eigenvalue weighted by Crippen LogP contribution is 2.32. The van der Waals surface area contributed by atoms with E-state index in [1.165, 1.54) is 0 Å². The second-order valence-electron chi connectivity index (χ2n) is 6.17. The molecule has 0 fully saturated rings. The lowest BCUT2D eigenvalue weighted by Crippen LogP contribution is -2.30. The number of thiazole rings is 1. The normalized spacial score (nSPS) is 11.2. The van der Waals surface area contributed by atoms with Gasteiger partial charge in [-0.3, -0.25) is 10.1 Å². The number of carbonyl (C=O) groups excluding carboxylic acids is 2. The zero-order valence-corrected chi connectivity index (χ0v) is 17.2. The lowest BCUT2D eigenvalue weighted by Gasteiger charge is -2.13. The van der Waals surface area contributed by atoms with Crippen LogP contribution in [0.25, 0.3) is 11.3 Å². The van der Waals surface area contributed by atoms with Crippen LogP contribution in [0.2, 0.25) is 0 Å². The first kappa shape index (κ1) is 21.0. The summed E-state index contributed by atoms with van der Waals surface area (Å²) in [6.45, 7) is 3.57. The van der Waals surface area contributed by atoms with E-state index in [1.54, 1.807) is 38.1 Å². The number of benzene rings is 2. The van der Waals surface area contributed by atoms with E-state index >= 15 is 0 Å². The van der Waals surface area contributed by atoms with Crippen molar-refractivity contribution in [1.82, 2.24) is 4.98 Å². The van der Waals surface area contributed by atoms with Crippen LogP contribution in [-0.4, -0.2) is 29.6 Å². The molecule has 3 rings (SSSR count). The van der Waals surface area contributed by atoms with Crippen LogP contribution in [0.15, 0.2) is 54.6 Å². The fourth-order valence-corrected chi connectivity index (χ4v) is 3.46. The molecule has 0 spiro atoms. The average Bonchev–Trinajstić information content (AvgIpc) is 3.19. The predicted octanol–water partition coefficient (Wildman–Crippen LogP) is 4.26. The molecular formula is C22H19N3O4S. The topological polar surface area (TPSA) is 101 Å². The third-order valence-electron chi connectivity index (χ3n) is 4.03. The molecule has 0 saturated heterocycles. The third-order valence-corrected chi connectivity index (χ3v) is 4.98. The Bertz CT molecular complexity index is 1070. The first-order valence-electron chi connectivity index (χ1n) is 9.23. The van der Waals surface area contributed by atoms with Crippen molar-refractivity contribution < 1.29 is 19.1 Å². The summed E-state index contributed by atoms with van der Waals surface area (Å²) in [5.41, 5.74) is 1.70. The second kappa shape index (κ2) is 9.67. The molecular weight excluding hydrogens is 402 g/mol. The van der Waals surface area contributed by atoms with E-state index in [4.69, 9.17) is 14.7 Å². The molecule has 3 aromatic rings. The maximum Gasteiger partial charge on any atom is 0.350 e. The van der Waals surface area contributed by atoms with Crippen LogP contribution in [0.4, 0.5) is 5.13 Å². The van der Waals surface area contributed by atoms with E-state index in [0.29, 0.717) is 21.9 Å². The number of rotatable bonds is 7. The standard InChI is InChI=1S/C22H19N3O4S/c1-3-28-21(27)19-18(16-7-5-4-6-8-16)24-22(30-19)25-20(26)14(2)29-17-11-9-15(13-23)10-12-17/h4-12,14H,3H2,1-2H3,(H,24,25,26). The van der Waals surface area contributed by atoms with Gasteiger partial charge in [0.25, 0.3) is 5.91 Å². The molecule has 1 amide bonds. The number of ether oxygens (including phenoxy) is 2. The number of esters is 1. The van der Waals surface area contributed by atoms with Crippen molar-refractivity contribution in [3.05, 3.63) is 65.0 Å². The number of nitrogens with one attached hydrogen (secondary N) is 1. The summed E-state index contributed by atoms with van der Waals surface area (Å²) in [6, 6.07) is 17.7. The van der Waals surface area contributed by atoms with Crippen molar-refractivity contribution >= 4 is 28.3 Å². The van der Waals surface area contributed by atoms with Crippen LogP contribution in [-0.2, 0) is 9.53 Å². The number of nitrogens with zero attached hydrogens (tertiary/aromatic N) is 2. The van der Waals surface area contributed by atoms with E-state index in [1.807, 2.05) is 36.4 Å². The average molecular weight is 421 g/mol. The fraction of sp³-hybridized carbons (Fsp3) is 0.182. The zero-order chi connectivity index (χ0) is 21.5. The molecule has 0 aliphatic heterocycles. The van der Waals surface area contributed by atoms with Gasteiger partial charge < -0.3 is 9.47 Å². The van der Waals surface area contributed by atoms with Crippen LogP contribution < -0.4 is 10.1 Å². The minimum atomic E-state index is -0.812. The van der Waals surface area contributed by atoms with Gasteiger partial charge in [0.05, 0.1) is 23.9 Å². The van der Waals surface area contributed by atoms with Gasteiger partial charge in [-0.1, -0.05) is 41.7 Å². The molecule has 8 heteroatoms.